The lowest BCUT2D eigenvalue weighted by molar-refractivity contribution is 0.414. The summed E-state index contributed by atoms with van der Waals surface area (Å²) in [7, 11) is 3.39. The summed E-state index contributed by atoms with van der Waals surface area (Å²) in [5, 5.41) is 5.00. The molecule has 24 heavy (non-hydrogen) atoms. The zero-order chi connectivity index (χ0) is 16.6. The number of benzene rings is 2. The molecule has 1 aliphatic carbocycles. The summed E-state index contributed by atoms with van der Waals surface area (Å²) in [5.74, 6) is 1.78. The molecule has 4 rings (SSSR count). The van der Waals surface area contributed by atoms with Gasteiger partial charge < -0.3 is 19.8 Å². The molecule has 1 aliphatic rings. The quantitative estimate of drug-likeness (QED) is 0.722. The Morgan fingerprint density at radius 2 is 1.71 bits per heavy atom. The molecule has 1 fully saturated rings. The molecule has 1 heterocycles. The molecule has 0 atom stereocenters. The van der Waals surface area contributed by atoms with Gasteiger partial charge in [0.05, 0.1) is 14.2 Å². The van der Waals surface area contributed by atoms with Crippen LogP contribution in [0.1, 0.15) is 24.0 Å². The molecule has 1 aromatic heterocycles. The fourth-order valence-corrected chi connectivity index (χ4v) is 3.31. The van der Waals surface area contributed by atoms with Gasteiger partial charge in [-0.15, -0.1) is 0 Å². The summed E-state index contributed by atoms with van der Waals surface area (Å²) in [6.45, 7) is 0.846. The average Bonchev–Trinajstić information content (AvgIpc) is 3.33. The predicted molar refractivity (Wildman–Crippen MR) is 95.6 cm³/mol. The lowest BCUT2D eigenvalue weighted by Gasteiger charge is -2.18. The third-order valence-electron chi connectivity index (χ3n) is 4.98. The molecule has 3 aromatic rings. The van der Waals surface area contributed by atoms with E-state index in [0.29, 0.717) is 0 Å². The third-order valence-corrected chi connectivity index (χ3v) is 4.98. The van der Waals surface area contributed by atoms with Crippen molar-refractivity contribution in [1.29, 1.82) is 0 Å². The topological polar surface area (TPSA) is 46.3 Å². The summed E-state index contributed by atoms with van der Waals surface area (Å²) in [6, 6.07) is 14.6. The van der Waals surface area contributed by atoms with E-state index in [4.69, 9.17) is 9.47 Å². The second-order valence-electron chi connectivity index (χ2n) is 6.39. The molecule has 4 nitrogen and oxygen atoms in total. The molecule has 0 spiro atoms. The number of methoxy groups -OCH3 is 2. The minimum absolute atomic E-state index is 0.113. The van der Waals surface area contributed by atoms with Crippen LogP contribution in [0, 0.1) is 0 Å². The van der Waals surface area contributed by atoms with Crippen LogP contribution in [0.15, 0.2) is 48.7 Å². The second-order valence-corrected chi connectivity index (χ2v) is 6.39. The number of H-pyrrole nitrogens is 1. The normalized spacial score (nSPS) is 15.4. The minimum atomic E-state index is 0.113. The van der Waals surface area contributed by atoms with Crippen LogP contribution >= 0.6 is 0 Å². The largest absolute Gasteiger partial charge is 0.497 e. The lowest BCUT2D eigenvalue weighted by atomic mass is 10.0. The van der Waals surface area contributed by atoms with Gasteiger partial charge in [-0.1, -0.05) is 12.1 Å². The Morgan fingerprint density at radius 1 is 1.00 bits per heavy atom. The van der Waals surface area contributed by atoms with Gasteiger partial charge in [0, 0.05) is 35.2 Å². The molecule has 124 valence electrons. The van der Waals surface area contributed by atoms with Crippen LogP contribution in [0.3, 0.4) is 0 Å². The highest BCUT2D eigenvalue weighted by Gasteiger charge is 2.43. The summed E-state index contributed by atoms with van der Waals surface area (Å²) in [6.07, 6.45) is 4.44. The number of fused-ring (bicyclic) bond motifs is 1. The number of nitrogens with one attached hydrogen (secondary N) is 2. The number of hydrogen-bond donors (Lipinski definition) is 2. The van der Waals surface area contributed by atoms with Crippen LogP contribution in [0.25, 0.3) is 10.9 Å². The van der Waals surface area contributed by atoms with E-state index < -0.39 is 0 Å². The summed E-state index contributed by atoms with van der Waals surface area (Å²) in [4.78, 5) is 3.34. The Morgan fingerprint density at radius 3 is 2.38 bits per heavy atom. The monoisotopic (exact) mass is 322 g/mol. The molecule has 1 saturated carbocycles. The fourth-order valence-electron chi connectivity index (χ4n) is 3.31. The van der Waals surface area contributed by atoms with Crippen LogP contribution in [-0.4, -0.2) is 19.2 Å². The van der Waals surface area contributed by atoms with E-state index >= 15 is 0 Å². The predicted octanol–water partition coefficient (Wildman–Crippen LogP) is 3.96. The maximum atomic E-state index is 5.29. The molecular weight excluding hydrogens is 300 g/mol. The van der Waals surface area contributed by atoms with Crippen molar-refractivity contribution in [3.63, 3.8) is 0 Å². The maximum absolute atomic E-state index is 5.29. The highest BCUT2D eigenvalue weighted by atomic mass is 16.5. The van der Waals surface area contributed by atoms with Crippen molar-refractivity contribution in [2.75, 3.05) is 14.2 Å². The molecule has 4 heteroatoms. The number of ether oxygens (including phenoxy) is 2. The Kier molecular flexibility index (Phi) is 3.69. The Hall–Kier alpha value is -2.46. The van der Waals surface area contributed by atoms with Crippen LogP contribution in [0.2, 0.25) is 0 Å². The van der Waals surface area contributed by atoms with Crippen molar-refractivity contribution in [3.05, 3.63) is 59.8 Å². The van der Waals surface area contributed by atoms with E-state index in [9.17, 15) is 0 Å². The zero-order valence-corrected chi connectivity index (χ0v) is 14.1. The average molecular weight is 322 g/mol. The molecule has 0 radical (unpaired) electrons. The van der Waals surface area contributed by atoms with E-state index in [1.165, 1.54) is 29.4 Å². The van der Waals surface area contributed by atoms with Crippen LogP contribution in [0.5, 0.6) is 11.5 Å². The fraction of sp³-hybridized carbons (Fsp3) is 0.300. The lowest BCUT2D eigenvalue weighted by Crippen LogP contribution is -2.28. The van der Waals surface area contributed by atoms with Gasteiger partial charge in [-0.2, -0.15) is 0 Å². The van der Waals surface area contributed by atoms with Gasteiger partial charge in [-0.3, -0.25) is 0 Å². The van der Waals surface area contributed by atoms with Gasteiger partial charge in [0.1, 0.15) is 11.5 Å². The van der Waals surface area contributed by atoms with E-state index in [2.05, 4.69) is 34.7 Å². The van der Waals surface area contributed by atoms with Crippen molar-refractivity contribution in [1.82, 2.24) is 10.3 Å². The van der Waals surface area contributed by atoms with Crippen LogP contribution in [-0.2, 0) is 12.1 Å². The van der Waals surface area contributed by atoms with Gasteiger partial charge in [0.25, 0.3) is 0 Å². The number of aromatic amines is 1. The highest BCUT2D eigenvalue weighted by Crippen LogP contribution is 2.46. The molecule has 0 amide bonds. The van der Waals surface area contributed by atoms with Crippen molar-refractivity contribution in [2.45, 2.75) is 24.9 Å². The molecule has 0 aliphatic heterocycles. The molecule has 2 N–H and O–H groups in total. The van der Waals surface area contributed by atoms with Crippen molar-refractivity contribution in [2.24, 2.45) is 0 Å². The van der Waals surface area contributed by atoms with E-state index in [1.54, 1.807) is 14.2 Å². The van der Waals surface area contributed by atoms with E-state index in [-0.39, 0.29) is 5.54 Å². The highest BCUT2D eigenvalue weighted by molar-refractivity contribution is 5.84. The number of aromatic nitrogens is 1. The Labute approximate surface area is 141 Å². The van der Waals surface area contributed by atoms with Gasteiger partial charge in [-0.05, 0) is 48.2 Å². The Balaban J connectivity index is 1.52. The first-order chi connectivity index (χ1) is 11.7. The molecule has 0 saturated heterocycles. The first-order valence-corrected chi connectivity index (χ1v) is 8.28. The summed E-state index contributed by atoms with van der Waals surface area (Å²) in [5.41, 5.74) is 3.85. The summed E-state index contributed by atoms with van der Waals surface area (Å²) >= 11 is 0. The van der Waals surface area contributed by atoms with Gasteiger partial charge in [0.15, 0.2) is 0 Å². The SMILES string of the molecule is COc1ccc(C2(NCc3c[nH]c4cc(OC)ccc34)CC2)cc1. The summed E-state index contributed by atoms with van der Waals surface area (Å²) < 4.78 is 10.5. The second kappa shape index (κ2) is 5.87. The standard InChI is InChI=1S/C20H22N2O2/c1-23-16-5-3-15(4-6-16)20(9-10-20)22-13-14-12-21-19-11-17(24-2)7-8-18(14)19/h3-8,11-12,21-22H,9-10,13H2,1-2H3. The van der Waals surface area contributed by atoms with E-state index in [0.717, 1.165) is 23.6 Å². The van der Waals surface area contributed by atoms with Crippen LogP contribution < -0.4 is 14.8 Å². The van der Waals surface area contributed by atoms with Gasteiger partial charge in [0.2, 0.25) is 0 Å². The minimum Gasteiger partial charge on any atom is -0.497 e. The van der Waals surface area contributed by atoms with Crippen molar-refractivity contribution < 1.29 is 9.47 Å². The third kappa shape index (κ3) is 2.63. The number of hydrogen-bond acceptors (Lipinski definition) is 3. The molecule has 0 bridgehead atoms. The molecule has 0 unspecified atom stereocenters. The smallest absolute Gasteiger partial charge is 0.120 e. The maximum Gasteiger partial charge on any atom is 0.120 e. The van der Waals surface area contributed by atoms with Crippen molar-refractivity contribution in [3.8, 4) is 11.5 Å². The van der Waals surface area contributed by atoms with Gasteiger partial charge >= 0.3 is 0 Å². The first-order valence-electron chi connectivity index (χ1n) is 8.28. The van der Waals surface area contributed by atoms with E-state index in [1.807, 2.05) is 24.3 Å². The number of rotatable bonds is 6. The zero-order valence-electron chi connectivity index (χ0n) is 14.1. The molecule has 2 aromatic carbocycles. The molecular formula is C20H22N2O2. The first kappa shape index (κ1) is 15.1. The van der Waals surface area contributed by atoms with Crippen LogP contribution in [0.4, 0.5) is 0 Å². The van der Waals surface area contributed by atoms with Crippen molar-refractivity contribution >= 4 is 10.9 Å². The van der Waals surface area contributed by atoms with Gasteiger partial charge in [-0.25, -0.2) is 0 Å². The Bertz CT molecular complexity index is 848.